The minimum Gasteiger partial charge on any atom is -0.454 e. The molecule has 3 heterocycles. The molecule has 31 heavy (non-hydrogen) atoms. The Morgan fingerprint density at radius 3 is 2.68 bits per heavy atom. The van der Waals surface area contributed by atoms with E-state index in [9.17, 15) is 13.6 Å². The summed E-state index contributed by atoms with van der Waals surface area (Å²) in [5.74, 6) is -0.0690. The van der Waals surface area contributed by atoms with Crippen LogP contribution in [0.5, 0.6) is 11.5 Å². The fourth-order valence-electron chi connectivity index (χ4n) is 3.85. The topological polar surface area (TPSA) is 70.7 Å². The first kappa shape index (κ1) is 19.3. The number of nitrogens with one attached hydrogen (secondary N) is 1. The van der Waals surface area contributed by atoms with Crippen molar-refractivity contribution in [3.05, 3.63) is 59.7 Å². The molecular weight excluding hydrogens is 406 g/mol. The Labute approximate surface area is 177 Å². The molecule has 0 unspecified atom stereocenters. The van der Waals surface area contributed by atoms with Crippen molar-refractivity contribution in [3.63, 3.8) is 0 Å². The molecule has 0 aliphatic carbocycles. The number of carbonyl (C=O) groups excluding carboxylic acids is 1. The number of hydrogen-bond acceptors (Lipinski definition) is 5. The molecule has 1 fully saturated rings. The lowest BCUT2D eigenvalue weighted by Crippen LogP contribution is -2.35. The zero-order chi connectivity index (χ0) is 21.4. The SMILES string of the molecule is O=C(c1ccc(F)c(F)c1)N1CCCN(c2cc(-c3ccc4c(c3)OCO4)[nH]n2)CC1. The van der Waals surface area contributed by atoms with Crippen molar-refractivity contribution in [2.75, 3.05) is 37.9 Å². The molecule has 7 nitrogen and oxygen atoms in total. The number of nitrogens with zero attached hydrogens (tertiary/aromatic N) is 3. The molecule has 3 aromatic rings. The predicted molar refractivity (Wildman–Crippen MR) is 109 cm³/mol. The molecule has 2 aliphatic rings. The van der Waals surface area contributed by atoms with E-state index in [0.29, 0.717) is 25.4 Å². The smallest absolute Gasteiger partial charge is 0.254 e. The van der Waals surface area contributed by atoms with Crippen molar-refractivity contribution in [2.45, 2.75) is 6.42 Å². The van der Waals surface area contributed by atoms with Crippen molar-refractivity contribution in [2.24, 2.45) is 0 Å². The number of ether oxygens (including phenoxy) is 2. The molecule has 1 saturated heterocycles. The highest BCUT2D eigenvalue weighted by atomic mass is 19.2. The van der Waals surface area contributed by atoms with Gasteiger partial charge in [-0.1, -0.05) is 0 Å². The summed E-state index contributed by atoms with van der Waals surface area (Å²) < 4.78 is 37.5. The normalized spacial score (nSPS) is 15.8. The third kappa shape index (κ3) is 3.78. The lowest BCUT2D eigenvalue weighted by Gasteiger charge is -2.22. The van der Waals surface area contributed by atoms with Crippen LogP contribution in [0.4, 0.5) is 14.6 Å². The summed E-state index contributed by atoms with van der Waals surface area (Å²) in [6.45, 7) is 2.53. The van der Waals surface area contributed by atoms with E-state index in [-0.39, 0.29) is 18.3 Å². The van der Waals surface area contributed by atoms with Gasteiger partial charge < -0.3 is 19.3 Å². The standard InChI is InChI=1S/C22H20F2N4O3/c23-16-4-2-15(10-17(16)24)22(29)28-7-1-6-27(8-9-28)21-12-18(25-26-21)14-3-5-19-20(11-14)31-13-30-19/h2-5,10-12H,1,6-9,13H2,(H,25,26). The molecule has 1 N–H and O–H groups in total. The lowest BCUT2D eigenvalue weighted by atomic mass is 10.1. The maximum atomic E-state index is 13.5. The van der Waals surface area contributed by atoms with Crippen LogP contribution < -0.4 is 14.4 Å². The first-order valence-corrected chi connectivity index (χ1v) is 10.0. The Kier molecular flexibility index (Phi) is 4.93. The average molecular weight is 426 g/mol. The number of amides is 1. The lowest BCUT2D eigenvalue weighted by molar-refractivity contribution is 0.0766. The van der Waals surface area contributed by atoms with Crippen molar-refractivity contribution in [1.29, 1.82) is 0 Å². The molecule has 160 valence electrons. The predicted octanol–water partition coefficient (Wildman–Crippen LogP) is 3.44. The van der Waals surface area contributed by atoms with Crippen molar-refractivity contribution in [1.82, 2.24) is 15.1 Å². The Balaban J connectivity index is 1.28. The van der Waals surface area contributed by atoms with Gasteiger partial charge in [-0.25, -0.2) is 8.78 Å². The van der Waals surface area contributed by atoms with E-state index in [4.69, 9.17) is 9.47 Å². The Bertz CT molecular complexity index is 1130. The van der Waals surface area contributed by atoms with Crippen LogP contribution in [-0.2, 0) is 0 Å². The quantitative estimate of drug-likeness (QED) is 0.695. The highest BCUT2D eigenvalue weighted by molar-refractivity contribution is 5.94. The number of aromatic nitrogens is 2. The van der Waals surface area contributed by atoms with Gasteiger partial charge in [-0.3, -0.25) is 9.89 Å². The largest absolute Gasteiger partial charge is 0.454 e. The minimum absolute atomic E-state index is 0.150. The molecule has 0 bridgehead atoms. The second kappa shape index (κ2) is 7.90. The van der Waals surface area contributed by atoms with E-state index >= 15 is 0 Å². The maximum absolute atomic E-state index is 13.5. The molecule has 5 rings (SSSR count). The van der Waals surface area contributed by atoms with Crippen LogP contribution in [0.15, 0.2) is 42.5 Å². The summed E-state index contributed by atoms with van der Waals surface area (Å²) in [5, 5.41) is 7.49. The molecule has 2 aromatic carbocycles. The second-order valence-electron chi connectivity index (χ2n) is 7.47. The van der Waals surface area contributed by atoms with E-state index < -0.39 is 11.6 Å². The number of benzene rings is 2. The van der Waals surface area contributed by atoms with Crippen LogP contribution in [0.1, 0.15) is 16.8 Å². The number of halogens is 2. The Hall–Kier alpha value is -3.62. The molecule has 0 radical (unpaired) electrons. The summed E-state index contributed by atoms with van der Waals surface area (Å²) in [4.78, 5) is 16.5. The highest BCUT2D eigenvalue weighted by Crippen LogP contribution is 2.36. The van der Waals surface area contributed by atoms with Gasteiger partial charge in [0.1, 0.15) is 0 Å². The zero-order valence-corrected chi connectivity index (χ0v) is 16.6. The zero-order valence-electron chi connectivity index (χ0n) is 16.6. The number of aromatic amines is 1. The second-order valence-corrected chi connectivity index (χ2v) is 7.47. The van der Waals surface area contributed by atoms with Gasteiger partial charge in [0.25, 0.3) is 5.91 Å². The van der Waals surface area contributed by atoms with Crippen LogP contribution >= 0.6 is 0 Å². The third-order valence-corrected chi connectivity index (χ3v) is 5.52. The molecule has 0 spiro atoms. The number of hydrogen-bond donors (Lipinski definition) is 1. The average Bonchev–Trinajstić information content (AvgIpc) is 3.39. The number of anilines is 1. The third-order valence-electron chi connectivity index (χ3n) is 5.52. The number of H-pyrrole nitrogens is 1. The Morgan fingerprint density at radius 1 is 0.935 bits per heavy atom. The van der Waals surface area contributed by atoms with Crippen LogP contribution in [0, 0.1) is 11.6 Å². The van der Waals surface area contributed by atoms with E-state index in [1.807, 2.05) is 24.3 Å². The first-order valence-electron chi connectivity index (χ1n) is 10.0. The molecule has 0 saturated carbocycles. The van der Waals surface area contributed by atoms with E-state index in [1.165, 1.54) is 6.07 Å². The minimum atomic E-state index is -1.02. The van der Waals surface area contributed by atoms with Gasteiger partial charge in [-0.2, -0.15) is 5.10 Å². The summed E-state index contributed by atoms with van der Waals surface area (Å²) in [6, 6.07) is 10.9. The summed E-state index contributed by atoms with van der Waals surface area (Å²) in [5.41, 5.74) is 1.94. The molecule has 9 heteroatoms. The number of fused-ring (bicyclic) bond motifs is 1. The fourth-order valence-corrected chi connectivity index (χ4v) is 3.85. The highest BCUT2D eigenvalue weighted by Gasteiger charge is 2.23. The van der Waals surface area contributed by atoms with Gasteiger partial charge in [0, 0.05) is 43.4 Å². The molecule has 1 amide bonds. The number of rotatable bonds is 3. The first-order chi connectivity index (χ1) is 15.1. The van der Waals surface area contributed by atoms with Gasteiger partial charge >= 0.3 is 0 Å². The van der Waals surface area contributed by atoms with Gasteiger partial charge in [0.05, 0.1) is 5.69 Å². The number of carbonyl (C=O) groups is 1. The van der Waals surface area contributed by atoms with Gasteiger partial charge in [0.2, 0.25) is 6.79 Å². The molecule has 1 aromatic heterocycles. The van der Waals surface area contributed by atoms with Gasteiger partial charge in [0.15, 0.2) is 29.0 Å². The molecule has 2 aliphatic heterocycles. The fraction of sp³-hybridized carbons (Fsp3) is 0.273. The van der Waals surface area contributed by atoms with E-state index in [0.717, 1.165) is 47.9 Å². The summed E-state index contributed by atoms with van der Waals surface area (Å²) >= 11 is 0. The van der Waals surface area contributed by atoms with Gasteiger partial charge in [-0.15, -0.1) is 0 Å². The van der Waals surface area contributed by atoms with Crippen LogP contribution in [0.3, 0.4) is 0 Å². The van der Waals surface area contributed by atoms with E-state index in [1.54, 1.807) is 4.90 Å². The van der Waals surface area contributed by atoms with Crippen LogP contribution in [0.2, 0.25) is 0 Å². The van der Waals surface area contributed by atoms with Crippen LogP contribution in [-0.4, -0.2) is 54.0 Å². The van der Waals surface area contributed by atoms with Crippen molar-refractivity contribution in [3.8, 4) is 22.8 Å². The molecule has 0 atom stereocenters. The molecular formula is C22H20F2N4O3. The Morgan fingerprint density at radius 2 is 1.81 bits per heavy atom. The van der Waals surface area contributed by atoms with Crippen molar-refractivity contribution < 1.29 is 23.0 Å². The monoisotopic (exact) mass is 426 g/mol. The maximum Gasteiger partial charge on any atom is 0.254 e. The summed E-state index contributed by atoms with van der Waals surface area (Å²) in [7, 11) is 0. The summed E-state index contributed by atoms with van der Waals surface area (Å²) in [6.07, 6.45) is 0.738. The van der Waals surface area contributed by atoms with Gasteiger partial charge in [-0.05, 0) is 42.8 Å². The van der Waals surface area contributed by atoms with Crippen LogP contribution in [0.25, 0.3) is 11.3 Å². The van der Waals surface area contributed by atoms with E-state index in [2.05, 4.69) is 15.1 Å². The van der Waals surface area contributed by atoms with Crippen molar-refractivity contribution >= 4 is 11.7 Å².